The summed E-state index contributed by atoms with van der Waals surface area (Å²) in [5, 5.41) is 18.0. The zero-order chi connectivity index (χ0) is 14.8. The summed E-state index contributed by atoms with van der Waals surface area (Å²) in [6.07, 6.45) is -10.7. The Labute approximate surface area is 105 Å². The number of rotatable bonds is 3. The third-order valence-corrected chi connectivity index (χ3v) is 2.16. The molecule has 0 aliphatic carbocycles. The van der Waals surface area contributed by atoms with Gasteiger partial charge in [-0.05, 0) is 12.5 Å². The molecule has 1 rings (SSSR count). The van der Waals surface area contributed by atoms with E-state index in [4.69, 9.17) is 10.2 Å². The van der Waals surface area contributed by atoms with E-state index < -0.39 is 42.2 Å². The average molecular weight is 284 g/mol. The Hall–Kier alpha value is -1.45. The van der Waals surface area contributed by atoms with Gasteiger partial charge in [0.25, 0.3) is 12.1 Å². The molecule has 3 atom stereocenters. The van der Waals surface area contributed by atoms with Crippen LogP contribution in [-0.4, -0.2) is 46.6 Å². The first-order valence-electron chi connectivity index (χ1n) is 5.22. The van der Waals surface area contributed by atoms with Crippen molar-refractivity contribution in [2.45, 2.75) is 38.2 Å². The number of aliphatic hydroxyl groups is 2. The minimum absolute atomic E-state index is 0.0329. The topological polar surface area (TPSA) is 93.1 Å². The first-order valence-corrected chi connectivity index (χ1v) is 5.22. The zero-order valence-corrected chi connectivity index (χ0v) is 9.68. The van der Waals surface area contributed by atoms with Crippen LogP contribution < -0.4 is 0 Å². The first kappa shape index (κ1) is 15.6. The Morgan fingerprint density at radius 1 is 1.37 bits per heavy atom. The maximum atomic E-state index is 12.5. The van der Waals surface area contributed by atoms with Crippen LogP contribution in [0.5, 0.6) is 0 Å². The molecule has 19 heavy (non-hydrogen) atoms. The van der Waals surface area contributed by atoms with Crippen molar-refractivity contribution in [3.63, 3.8) is 0 Å². The summed E-state index contributed by atoms with van der Waals surface area (Å²) in [6, 6.07) is 0. The standard InChI is InChI=1S/C10H11F3O6/c1-2-3-4(10(11,12)13)18-9-7(16)5(14)6(15)8(17)19-9/h3,6,8-9,15,17H,2H2,1H3. The fraction of sp³-hybridized carbons (Fsp3) is 0.600. The van der Waals surface area contributed by atoms with E-state index >= 15 is 0 Å². The molecule has 9 heteroatoms. The molecule has 0 radical (unpaired) electrons. The van der Waals surface area contributed by atoms with Gasteiger partial charge in [-0.15, -0.1) is 0 Å². The minimum atomic E-state index is -4.87. The van der Waals surface area contributed by atoms with Gasteiger partial charge in [0.1, 0.15) is 0 Å². The number of ether oxygens (including phenoxy) is 2. The molecule has 1 heterocycles. The van der Waals surface area contributed by atoms with Crippen LogP contribution in [-0.2, 0) is 19.1 Å². The maximum absolute atomic E-state index is 12.5. The van der Waals surface area contributed by atoms with Crippen LogP contribution in [0.1, 0.15) is 13.3 Å². The summed E-state index contributed by atoms with van der Waals surface area (Å²) < 4.78 is 46.1. The van der Waals surface area contributed by atoms with E-state index in [2.05, 4.69) is 9.47 Å². The van der Waals surface area contributed by atoms with Crippen molar-refractivity contribution < 1.29 is 42.4 Å². The molecule has 0 aromatic rings. The molecular formula is C10H11F3O6. The van der Waals surface area contributed by atoms with Crippen molar-refractivity contribution in [3.8, 4) is 0 Å². The third kappa shape index (κ3) is 3.52. The highest BCUT2D eigenvalue weighted by molar-refractivity contribution is 6.40. The molecule has 0 amide bonds. The van der Waals surface area contributed by atoms with Crippen LogP contribution in [0.2, 0.25) is 0 Å². The largest absolute Gasteiger partial charge is 0.452 e. The lowest BCUT2D eigenvalue weighted by atomic mass is 10.1. The molecule has 2 N–H and O–H groups in total. The highest BCUT2D eigenvalue weighted by Crippen LogP contribution is 2.29. The van der Waals surface area contributed by atoms with E-state index in [0.29, 0.717) is 6.08 Å². The summed E-state index contributed by atoms with van der Waals surface area (Å²) in [5.74, 6) is -4.48. The molecule has 1 fully saturated rings. The lowest BCUT2D eigenvalue weighted by Gasteiger charge is -2.29. The summed E-state index contributed by atoms with van der Waals surface area (Å²) >= 11 is 0. The number of ketones is 2. The van der Waals surface area contributed by atoms with Crippen LogP contribution in [0, 0.1) is 0 Å². The van der Waals surface area contributed by atoms with Gasteiger partial charge >= 0.3 is 6.18 Å². The van der Waals surface area contributed by atoms with Crippen LogP contribution in [0.15, 0.2) is 11.8 Å². The third-order valence-electron chi connectivity index (χ3n) is 2.16. The van der Waals surface area contributed by atoms with Gasteiger partial charge in [-0.1, -0.05) is 6.92 Å². The summed E-state index contributed by atoms with van der Waals surface area (Å²) in [6.45, 7) is 1.41. The van der Waals surface area contributed by atoms with Gasteiger partial charge in [-0.25, -0.2) is 0 Å². The number of hydrogen-bond donors (Lipinski definition) is 2. The van der Waals surface area contributed by atoms with Crippen molar-refractivity contribution in [2.75, 3.05) is 0 Å². The Kier molecular flexibility index (Phi) is 4.66. The van der Waals surface area contributed by atoms with E-state index in [1.165, 1.54) is 6.92 Å². The van der Waals surface area contributed by atoms with E-state index in [0.717, 1.165) is 0 Å². The fourth-order valence-corrected chi connectivity index (χ4v) is 1.27. The Bertz CT molecular complexity index is 403. The molecule has 0 spiro atoms. The quantitative estimate of drug-likeness (QED) is 0.561. The number of hydrogen-bond acceptors (Lipinski definition) is 6. The predicted molar refractivity (Wildman–Crippen MR) is 52.4 cm³/mol. The number of carbonyl (C=O) groups is 2. The zero-order valence-electron chi connectivity index (χ0n) is 9.68. The molecule has 0 aromatic carbocycles. The second kappa shape index (κ2) is 5.68. The van der Waals surface area contributed by atoms with Crippen molar-refractivity contribution in [2.24, 2.45) is 0 Å². The fourth-order valence-electron chi connectivity index (χ4n) is 1.27. The van der Waals surface area contributed by atoms with Gasteiger partial charge in [0.2, 0.25) is 5.78 Å². The molecular weight excluding hydrogens is 273 g/mol. The highest BCUT2D eigenvalue weighted by Gasteiger charge is 2.47. The monoisotopic (exact) mass is 284 g/mol. The average Bonchev–Trinajstić information content (AvgIpc) is 2.31. The maximum Gasteiger partial charge on any atom is 0.448 e. The second-order valence-corrected chi connectivity index (χ2v) is 3.62. The normalized spacial score (nSPS) is 29.6. The van der Waals surface area contributed by atoms with Crippen molar-refractivity contribution in [1.82, 2.24) is 0 Å². The molecule has 108 valence electrons. The molecule has 0 saturated carbocycles. The number of carbonyl (C=O) groups excluding carboxylic acids is 2. The van der Waals surface area contributed by atoms with Gasteiger partial charge in [0, 0.05) is 0 Å². The summed E-state index contributed by atoms with van der Waals surface area (Å²) in [7, 11) is 0. The van der Waals surface area contributed by atoms with Gasteiger partial charge in [-0.3, -0.25) is 9.59 Å². The number of alkyl halides is 3. The molecule has 1 saturated heterocycles. The van der Waals surface area contributed by atoms with Gasteiger partial charge < -0.3 is 19.7 Å². The van der Waals surface area contributed by atoms with Crippen LogP contribution in [0.4, 0.5) is 13.2 Å². The van der Waals surface area contributed by atoms with E-state index in [1.54, 1.807) is 0 Å². The minimum Gasteiger partial charge on any atom is -0.452 e. The molecule has 1 aliphatic heterocycles. The Balaban J connectivity index is 2.89. The number of halogens is 3. The van der Waals surface area contributed by atoms with E-state index in [-0.39, 0.29) is 6.42 Å². The molecule has 3 unspecified atom stereocenters. The van der Waals surface area contributed by atoms with Crippen molar-refractivity contribution in [1.29, 1.82) is 0 Å². The first-order chi connectivity index (χ1) is 8.68. The number of aliphatic hydroxyl groups excluding tert-OH is 2. The number of Topliss-reactive ketones (excluding diaryl/α,β-unsaturated/α-hetero) is 2. The Morgan fingerprint density at radius 2 is 1.95 bits per heavy atom. The van der Waals surface area contributed by atoms with Crippen molar-refractivity contribution in [3.05, 3.63) is 11.8 Å². The van der Waals surface area contributed by atoms with Gasteiger partial charge in [0.15, 0.2) is 18.2 Å². The van der Waals surface area contributed by atoms with Crippen LogP contribution in [0.25, 0.3) is 0 Å². The number of allylic oxidation sites excluding steroid dienone is 2. The van der Waals surface area contributed by atoms with E-state index in [9.17, 15) is 22.8 Å². The summed E-state index contributed by atoms with van der Waals surface area (Å²) in [4.78, 5) is 22.4. The molecule has 6 nitrogen and oxygen atoms in total. The van der Waals surface area contributed by atoms with Crippen molar-refractivity contribution >= 4 is 11.6 Å². The van der Waals surface area contributed by atoms with Gasteiger partial charge in [-0.2, -0.15) is 13.2 Å². The van der Waals surface area contributed by atoms with Gasteiger partial charge in [0.05, 0.1) is 0 Å². The van der Waals surface area contributed by atoms with E-state index in [1.807, 2.05) is 0 Å². The molecule has 1 aliphatic rings. The SMILES string of the molecule is CCC=C(OC1OC(O)C(O)C(=O)C1=O)C(F)(F)F. The summed E-state index contributed by atoms with van der Waals surface area (Å²) in [5.41, 5.74) is 0. The lowest BCUT2D eigenvalue weighted by Crippen LogP contribution is -2.53. The predicted octanol–water partition coefficient (Wildman–Crippen LogP) is 0.0330. The smallest absolute Gasteiger partial charge is 0.448 e. The lowest BCUT2D eigenvalue weighted by molar-refractivity contribution is -0.261. The molecule has 0 aromatic heterocycles. The van der Waals surface area contributed by atoms with Crippen LogP contribution in [0.3, 0.4) is 0 Å². The Morgan fingerprint density at radius 3 is 2.42 bits per heavy atom. The van der Waals surface area contributed by atoms with Crippen LogP contribution >= 0.6 is 0 Å². The highest BCUT2D eigenvalue weighted by atomic mass is 19.4. The molecule has 0 bridgehead atoms. The second-order valence-electron chi connectivity index (χ2n) is 3.62.